The van der Waals surface area contributed by atoms with Gasteiger partial charge in [0, 0.05) is 6.04 Å². The number of thiazole rings is 1. The molecule has 0 unspecified atom stereocenters. The first-order valence-electron chi connectivity index (χ1n) is 8.38. The fourth-order valence-corrected chi connectivity index (χ4v) is 5.10. The highest BCUT2D eigenvalue weighted by Crippen LogP contribution is 2.24. The van der Waals surface area contributed by atoms with Crippen molar-refractivity contribution in [2.45, 2.75) is 49.0 Å². The number of benzene rings is 1. The van der Waals surface area contributed by atoms with Crippen LogP contribution in [0.4, 0.5) is 5.69 Å². The van der Waals surface area contributed by atoms with Crippen LogP contribution in [-0.4, -0.2) is 36.6 Å². The van der Waals surface area contributed by atoms with Crippen molar-refractivity contribution in [2.75, 3.05) is 4.72 Å². The van der Waals surface area contributed by atoms with E-state index in [1.165, 1.54) is 6.20 Å². The number of amides is 1. The number of nitrogens with zero attached hydrogens (tertiary/aromatic N) is 1. The molecular formula is C17H21N3O4S2. The Balaban J connectivity index is 1.76. The smallest absolute Gasteiger partial charge is 0.273 e. The zero-order chi connectivity index (χ0) is 18.7. The first-order chi connectivity index (χ1) is 12.3. The lowest BCUT2D eigenvalue weighted by atomic mass is 9.93. The number of rotatable bonds is 5. The van der Waals surface area contributed by atoms with Gasteiger partial charge in [-0.25, -0.2) is 13.4 Å². The van der Waals surface area contributed by atoms with Gasteiger partial charge >= 0.3 is 0 Å². The van der Waals surface area contributed by atoms with Gasteiger partial charge in [-0.1, -0.05) is 12.1 Å². The Kier molecular flexibility index (Phi) is 5.59. The number of para-hydroxylation sites is 1. The molecule has 140 valence electrons. The highest BCUT2D eigenvalue weighted by molar-refractivity contribution is 7.94. The molecule has 0 spiro atoms. The van der Waals surface area contributed by atoms with Crippen LogP contribution in [0.2, 0.25) is 0 Å². The van der Waals surface area contributed by atoms with Gasteiger partial charge in [0.1, 0.15) is 0 Å². The van der Waals surface area contributed by atoms with Crippen LogP contribution in [0.5, 0.6) is 0 Å². The summed E-state index contributed by atoms with van der Waals surface area (Å²) < 4.78 is 27.6. The van der Waals surface area contributed by atoms with Crippen molar-refractivity contribution in [1.29, 1.82) is 0 Å². The average Bonchev–Trinajstić information content (AvgIpc) is 3.04. The van der Waals surface area contributed by atoms with E-state index in [0.717, 1.165) is 11.3 Å². The number of anilines is 1. The molecule has 1 heterocycles. The molecule has 0 saturated heterocycles. The second-order valence-corrected chi connectivity index (χ2v) is 9.47. The fraction of sp³-hybridized carbons (Fsp3) is 0.412. The summed E-state index contributed by atoms with van der Waals surface area (Å²) in [5, 5.41) is 13.1. The summed E-state index contributed by atoms with van der Waals surface area (Å²) in [5.74, 6) is -0.329. The molecule has 0 atom stereocenters. The molecular weight excluding hydrogens is 374 g/mol. The van der Waals surface area contributed by atoms with E-state index in [-0.39, 0.29) is 33.5 Å². The Bertz CT molecular complexity index is 887. The maximum absolute atomic E-state index is 12.6. The van der Waals surface area contributed by atoms with E-state index < -0.39 is 10.0 Å². The number of sulfonamides is 1. The summed E-state index contributed by atoms with van der Waals surface area (Å²) in [4.78, 5) is 16.6. The Labute approximate surface area is 156 Å². The molecule has 3 N–H and O–H groups in total. The number of aliphatic hydroxyl groups is 1. The molecule has 1 aliphatic carbocycles. The van der Waals surface area contributed by atoms with Gasteiger partial charge in [0.25, 0.3) is 15.9 Å². The van der Waals surface area contributed by atoms with Crippen molar-refractivity contribution >= 4 is 33.0 Å². The largest absolute Gasteiger partial charge is 0.393 e. The number of carbonyl (C=O) groups excluding carboxylic acids is 1. The fourth-order valence-electron chi connectivity index (χ4n) is 2.91. The van der Waals surface area contributed by atoms with Gasteiger partial charge in [-0.05, 0) is 44.7 Å². The highest BCUT2D eigenvalue weighted by Gasteiger charge is 2.24. The maximum Gasteiger partial charge on any atom is 0.273 e. The summed E-state index contributed by atoms with van der Waals surface area (Å²) in [6.45, 7) is 1.73. The first kappa shape index (κ1) is 18.8. The average molecular weight is 396 g/mol. The monoisotopic (exact) mass is 395 g/mol. The minimum atomic E-state index is -3.80. The topological polar surface area (TPSA) is 108 Å². The van der Waals surface area contributed by atoms with Crippen LogP contribution in [-0.2, 0) is 10.0 Å². The summed E-state index contributed by atoms with van der Waals surface area (Å²) in [6, 6.07) is 6.49. The molecule has 7 nitrogen and oxygen atoms in total. The van der Waals surface area contributed by atoms with Crippen LogP contribution in [0.3, 0.4) is 0 Å². The molecule has 1 aliphatic rings. The molecule has 3 rings (SSSR count). The van der Waals surface area contributed by atoms with E-state index in [4.69, 9.17) is 0 Å². The predicted molar refractivity (Wildman–Crippen MR) is 99.8 cm³/mol. The molecule has 1 fully saturated rings. The van der Waals surface area contributed by atoms with Gasteiger partial charge in [0.2, 0.25) is 0 Å². The van der Waals surface area contributed by atoms with E-state index in [9.17, 15) is 18.3 Å². The lowest BCUT2D eigenvalue weighted by molar-refractivity contribution is 0.0868. The lowest BCUT2D eigenvalue weighted by Crippen LogP contribution is -2.38. The first-order valence-corrected chi connectivity index (χ1v) is 10.7. The van der Waals surface area contributed by atoms with Crippen LogP contribution in [0.25, 0.3) is 0 Å². The van der Waals surface area contributed by atoms with Crippen LogP contribution in [0.1, 0.15) is 41.0 Å². The molecule has 1 aromatic carbocycles. The van der Waals surface area contributed by atoms with Crippen molar-refractivity contribution in [3.8, 4) is 0 Å². The summed E-state index contributed by atoms with van der Waals surface area (Å²) in [5.41, 5.74) is 0.496. The zero-order valence-electron chi connectivity index (χ0n) is 14.3. The third kappa shape index (κ3) is 4.40. The molecule has 0 aliphatic heterocycles. The molecule has 2 aromatic rings. The second-order valence-electron chi connectivity index (χ2n) is 6.33. The van der Waals surface area contributed by atoms with Crippen molar-refractivity contribution in [1.82, 2.24) is 10.3 Å². The van der Waals surface area contributed by atoms with Gasteiger partial charge in [-0.2, -0.15) is 0 Å². The van der Waals surface area contributed by atoms with E-state index >= 15 is 0 Å². The van der Waals surface area contributed by atoms with Crippen molar-refractivity contribution in [2.24, 2.45) is 0 Å². The van der Waals surface area contributed by atoms with Crippen molar-refractivity contribution in [3.63, 3.8) is 0 Å². The number of aryl methyl sites for hydroxylation is 1. The number of hydrogen-bond acceptors (Lipinski definition) is 6. The van der Waals surface area contributed by atoms with Crippen molar-refractivity contribution < 1.29 is 18.3 Å². The minimum Gasteiger partial charge on any atom is -0.393 e. The van der Waals surface area contributed by atoms with E-state index in [1.54, 1.807) is 31.2 Å². The van der Waals surface area contributed by atoms with E-state index in [0.29, 0.717) is 30.7 Å². The molecule has 0 bridgehead atoms. The molecule has 1 saturated carbocycles. The predicted octanol–water partition coefficient (Wildman–Crippen LogP) is 2.29. The number of nitrogens with one attached hydrogen (secondary N) is 2. The third-order valence-electron chi connectivity index (χ3n) is 4.31. The van der Waals surface area contributed by atoms with Gasteiger partial charge < -0.3 is 10.4 Å². The maximum atomic E-state index is 12.6. The SMILES string of the molecule is Cc1ncc(S(=O)(=O)Nc2ccccc2C(=O)NC2CCC(O)CC2)s1. The number of carbonyl (C=O) groups is 1. The van der Waals surface area contributed by atoms with Crippen LogP contribution in [0, 0.1) is 6.92 Å². The lowest BCUT2D eigenvalue weighted by Gasteiger charge is -2.26. The Hall–Kier alpha value is -1.97. The minimum absolute atomic E-state index is 0.0142. The summed E-state index contributed by atoms with van der Waals surface area (Å²) in [7, 11) is -3.80. The number of hydrogen-bond donors (Lipinski definition) is 3. The number of aliphatic hydroxyl groups excluding tert-OH is 1. The van der Waals surface area contributed by atoms with Crippen molar-refractivity contribution in [3.05, 3.63) is 41.0 Å². The zero-order valence-corrected chi connectivity index (χ0v) is 15.9. The summed E-state index contributed by atoms with van der Waals surface area (Å²) >= 11 is 1.07. The normalized spacial score (nSPS) is 20.5. The molecule has 26 heavy (non-hydrogen) atoms. The quantitative estimate of drug-likeness (QED) is 0.720. The van der Waals surface area contributed by atoms with Gasteiger partial charge in [-0.15, -0.1) is 11.3 Å². The highest BCUT2D eigenvalue weighted by atomic mass is 32.2. The molecule has 1 amide bonds. The Morgan fingerprint density at radius 3 is 2.58 bits per heavy atom. The van der Waals surface area contributed by atoms with Gasteiger partial charge in [-0.3, -0.25) is 9.52 Å². The summed E-state index contributed by atoms with van der Waals surface area (Å²) in [6.07, 6.45) is 3.74. The second kappa shape index (κ2) is 7.73. The van der Waals surface area contributed by atoms with Crippen LogP contribution in [0.15, 0.2) is 34.7 Å². The Morgan fingerprint density at radius 2 is 1.92 bits per heavy atom. The number of aromatic nitrogens is 1. The Morgan fingerprint density at radius 1 is 1.23 bits per heavy atom. The molecule has 0 radical (unpaired) electrons. The van der Waals surface area contributed by atoms with Crippen LogP contribution < -0.4 is 10.0 Å². The van der Waals surface area contributed by atoms with Gasteiger partial charge in [0.05, 0.1) is 28.6 Å². The van der Waals surface area contributed by atoms with Crippen LogP contribution >= 0.6 is 11.3 Å². The van der Waals surface area contributed by atoms with E-state index in [2.05, 4.69) is 15.0 Å². The molecule has 1 aromatic heterocycles. The third-order valence-corrected chi connectivity index (χ3v) is 7.05. The van der Waals surface area contributed by atoms with E-state index in [1.807, 2.05) is 0 Å². The van der Waals surface area contributed by atoms with Gasteiger partial charge in [0.15, 0.2) is 4.21 Å². The molecule has 9 heteroatoms. The standard InChI is InChI=1S/C17H21N3O4S2/c1-11-18-10-16(25-11)26(23,24)20-15-5-3-2-4-14(15)17(22)19-12-6-8-13(21)9-7-12/h2-5,10,12-13,20-21H,6-9H2,1H3,(H,19,22).